The molecule has 94 valence electrons. The van der Waals surface area contributed by atoms with Gasteiger partial charge in [-0.1, -0.05) is 0 Å². The predicted octanol–water partition coefficient (Wildman–Crippen LogP) is 0.526. The Balaban J connectivity index is 2.05. The van der Waals surface area contributed by atoms with Crippen molar-refractivity contribution in [3.63, 3.8) is 0 Å². The molecule has 0 aromatic carbocycles. The minimum Gasteiger partial charge on any atom is -0.374 e. The summed E-state index contributed by atoms with van der Waals surface area (Å²) < 4.78 is 28.2. The van der Waals surface area contributed by atoms with Crippen molar-refractivity contribution in [1.29, 1.82) is 0 Å². The molecule has 1 unspecified atom stereocenters. The topological polar surface area (TPSA) is 50.4 Å². The summed E-state index contributed by atoms with van der Waals surface area (Å²) >= 11 is 0. The molecule has 0 aromatic heterocycles. The minimum atomic E-state index is -2.41. The lowest BCUT2D eigenvalue weighted by Gasteiger charge is -2.14. The van der Waals surface area contributed by atoms with Gasteiger partial charge in [0, 0.05) is 25.6 Å². The quantitative estimate of drug-likeness (QED) is 0.661. The van der Waals surface area contributed by atoms with Gasteiger partial charge in [0.15, 0.2) is 0 Å². The highest BCUT2D eigenvalue weighted by Gasteiger charge is 2.16. The van der Waals surface area contributed by atoms with E-state index in [0.717, 1.165) is 19.4 Å². The summed E-state index contributed by atoms with van der Waals surface area (Å²) in [6.07, 6.45) is -0.0901. The lowest BCUT2D eigenvalue weighted by molar-refractivity contribution is -0.121. The normalized spacial score (nSPS) is 21.9. The molecule has 1 fully saturated rings. The average molecular weight is 236 g/mol. The molecule has 6 heteroatoms. The molecule has 16 heavy (non-hydrogen) atoms. The van der Waals surface area contributed by atoms with Gasteiger partial charge < -0.3 is 15.4 Å². The molecule has 1 amide bonds. The van der Waals surface area contributed by atoms with Crippen molar-refractivity contribution in [3.05, 3.63) is 0 Å². The van der Waals surface area contributed by atoms with E-state index in [1.807, 2.05) is 0 Å². The van der Waals surface area contributed by atoms with E-state index < -0.39 is 13.0 Å². The number of alkyl halides is 2. The van der Waals surface area contributed by atoms with Crippen LogP contribution in [0.1, 0.15) is 19.3 Å². The fourth-order valence-corrected chi connectivity index (χ4v) is 1.66. The Labute approximate surface area is 93.7 Å². The molecule has 2 N–H and O–H groups in total. The number of halogens is 2. The van der Waals surface area contributed by atoms with Gasteiger partial charge >= 0.3 is 0 Å². The maximum atomic E-state index is 11.7. The zero-order valence-corrected chi connectivity index (χ0v) is 9.18. The van der Waals surface area contributed by atoms with Gasteiger partial charge in [0.05, 0.1) is 6.61 Å². The van der Waals surface area contributed by atoms with Crippen molar-refractivity contribution in [2.24, 2.45) is 0 Å². The molecular weight excluding hydrogens is 218 g/mol. The van der Waals surface area contributed by atoms with E-state index in [2.05, 4.69) is 10.6 Å². The highest BCUT2D eigenvalue weighted by atomic mass is 19.3. The fourth-order valence-electron chi connectivity index (χ4n) is 1.66. The monoisotopic (exact) mass is 236 g/mol. The van der Waals surface area contributed by atoms with E-state index in [-0.39, 0.29) is 18.6 Å². The molecule has 1 heterocycles. The maximum Gasteiger partial charge on any atom is 0.261 e. The van der Waals surface area contributed by atoms with Crippen LogP contribution in [-0.2, 0) is 9.53 Å². The first-order chi connectivity index (χ1) is 7.68. The fraction of sp³-hybridized carbons (Fsp3) is 0.900. The third kappa shape index (κ3) is 5.97. The third-order valence-corrected chi connectivity index (χ3v) is 2.41. The number of carbonyl (C=O) groups excluding carboxylic acids is 1. The van der Waals surface area contributed by atoms with Crippen molar-refractivity contribution in [2.75, 3.05) is 26.3 Å². The number of amides is 1. The van der Waals surface area contributed by atoms with Crippen molar-refractivity contribution >= 4 is 5.91 Å². The van der Waals surface area contributed by atoms with Crippen LogP contribution >= 0.6 is 0 Å². The van der Waals surface area contributed by atoms with Gasteiger partial charge in [-0.15, -0.1) is 0 Å². The van der Waals surface area contributed by atoms with Crippen molar-refractivity contribution < 1.29 is 18.3 Å². The van der Waals surface area contributed by atoms with Crippen LogP contribution in [0.3, 0.4) is 0 Å². The summed E-state index contributed by atoms with van der Waals surface area (Å²) in [6, 6.07) is 0.137. The zero-order chi connectivity index (χ0) is 11.8. The van der Waals surface area contributed by atoms with E-state index in [1.54, 1.807) is 0 Å². The Morgan fingerprint density at radius 3 is 3.12 bits per heavy atom. The van der Waals surface area contributed by atoms with Crippen LogP contribution in [-0.4, -0.2) is 44.7 Å². The number of hydrogen-bond donors (Lipinski definition) is 2. The first-order valence-corrected chi connectivity index (χ1v) is 5.54. The number of rotatable bonds is 6. The largest absolute Gasteiger partial charge is 0.374 e. The van der Waals surface area contributed by atoms with Gasteiger partial charge in [-0.25, -0.2) is 8.78 Å². The Kier molecular flexibility index (Phi) is 6.25. The van der Waals surface area contributed by atoms with Crippen molar-refractivity contribution in [2.45, 2.75) is 31.7 Å². The van der Waals surface area contributed by atoms with E-state index in [1.165, 1.54) is 0 Å². The van der Waals surface area contributed by atoms with Crippen LogP contribution in [0.25, 0.3) is 0 Å². The summed E-state index contributed by atoms with van der Waals surface area (Å²) in [5.41, 5.74) is 0. The molecule has 0 aromatic rings. The van der Waals surface area contributed by atoms with Crippen LogP contribution in [0.2, 0.25) is 0 Å². The average Bonchev–Trinajstić information content (AvgIpc) is 2.42. The minimum absolute atomic E-state index is 0.0449. The lowest BCUT2D eigenvalue weighted by atomic mass is 10.1. The summed E-state index contributed by atoms with van der Waals surface area (Å²) in [6.45, 7) is 0.957. The Morgan fingerprint density at radius 2 is 2.38 bits per heavy atom. The number of nitrogens with one attached hydrogen (secondary N) is 2. The van der Waals surface area contributed by atoms with Crippen molar-refractivity contribution in [1.82, 2.24) is 10.6 Å². The van der Waals surface area contributed by atoms with E-state index in [0.29, 0.717) is 13.0 Å². The van der Waals surface area contributed by atoms with Crippen LogP contribution in [0.15, 0.2) is 0 Å². The van der Waals surface area contributed by atoms with Crippen LogP contribution in [0.5, 0.6) is 0 Å². The SMILES string of the molecule is O=C1CC(NCCOCC(F)F)CCCN1. The maximum absolute atomic E-state index is 11.7. The number of carbonyl (C=O) groups is 1. The first kappa shape index (κ1) is 13.3. The third-order valence-electron chi connectivity index (χ3n) is 2.41. The molecule has 0 saturated carbocycles. The summed E-state index contributed by atoms with van der Waals surface area (Å²) in [5, 5.41) is 5.92. The Bertz CT molecular complexity index is 215. The number of ether oxygens (including phenoxy) is 1. The first-order valence-electron chi connectivity index (χ1n) is 5.54. The molecule has 4 nitrogen and oxygen atoms in total. The number of hydrogen-bond acceptors (Lipinski definition) is 3. The predicted molar refractivity (Wildman–Crippen MR) is 55.5 cm³/mol. The molecule has 1 aliphatic heterocycles. The molecule has 0 radical (unpaired) electrons. The summed E-state index contributed by atoms with van der Waals surface area (Å²) in [7, 11) is 0. The smallest absolute Gasteiger partial charge is 0.261 e. The zero-order valence-electron chi connectivity index (χ0n) is 9.18. The molecular formula is C10H18F2N2O2. The molecule has 0 bridgehead atoms. The van der Waals surface area contributed by atoms with Crippen LogP contribution < -0.4 is 10.6 Å². The Morgan fingerprint density at radius 1 is 1.56 bits per heavy atom. The molecule has 1 aliphatic rings. The van der Waals surface area contributed by atoms with Gasteiger partial charge in [-0.2, -0.15) is 0 Å². The van der Waals surface area contributed by atoms with E-state index in [4.69, 9.17) is 4.74 Å². The van der Waals surface area contributed by atoms with Gasteiger partial charge in [0.2, 0.25) is 5.91 Å². The van der Waals surface area contributed by atoms with Gasteiger partial charge in [0.1, 0.15) is 6.61 Å². The highest BCUT2D eigenvalue weighted by Crippen LogP contribution is 2.05. The summed E-state index contributed by atoms with van der Waals surface area (Å²) in [4.78, 5) is 11.2. The lowest BCUT2D eigenvalue weighted by Crippen LogP contribution is -2.34. The molecule has 0 spiro atoms. The molecule has 1 atom stereocenters. The summed E-state index contributed by atoms with van der Waals surface area (Å²) in [5.74, 6) is 0.0449. The molecule has 0 aliphatic carbocycles. The van der Waals surface area contributed by atoms with Crippen molar-refractivity contribution in [3.8, 4) is 0 Å². The van der Waals surface area contributed by atoms with E-state index in [9.17, 15) is 13.6 Å². The second-order valence-corrected chi connectivity index (χ2v) is 3.81. The second-order valence-electron chi connectivity index (χ2n) is 3.81. The van der Waals surface area contributed by atoms with Gasteiger partial charge in [-0.05, 0) is 12.8 Å². The van der Waals surface area contributed by atoms with E-state index >= 15 is 0 Å². The van der Waals surface area contributed by atoms with Crippen LogP contribution in [0.4, 0.5) is 8.78 Å². The standard InChI is InChI=1S/C10H18F2N2O2/c11-9(12)7-16-5-4-13-8-2-1-3-14-10(15)6-8/h8-9,13H,1-7H2,(H,14,15). The van der Waals surface area contributed by atoms with Gasteiger partial charge in [0.25, 0.3) is 6.43 Å². The molecule has 1 rings (SSSR count). The molecule has 1 saturated heterocycles. The second kappa shape index (κ2) is 7.51. The van der Waals surface area contributed by atoms with Crippen LogP contribution in [0, 0.1) is 0 Å². The Hall–Kier alpha value is -0.750. The highest BCUT2D eigenvalue weighted by molar-refractivity contribution is 5.76. The van der Waals surface area contributed by atoms with Gasteiger partial charge in [-0.3, -0.25) is 4.79 Å².